The highest BCUT2D eigenvalue weighted by Gasteiger charge is 2.09. The first-order valence-corrected chi connectivity index (χ1v) is 10.5. The van der Waals surface area contributed by atoms with Crippen molar-refractivity contribution in [3.8, 4) is 16.9 Å². The molecule has 0 aliphatic carbocycles. The quantitative estimate of drug-likeness (QED) is 0.331. The minimum atomic E-state index is -0.344. The summed E-state index contributed by atoms with van der Waals surface area (Å²) in [5.74, 6) is 0.364. The monoisotopic (exact) mass is 437 g/mol. The Balaban J connectivity index is 1.29. The third-order valence-electron chi connectivity index (χ3n) is 4.79. The van der Waals surface area contributed by atoms with Crippen molar-refractivity contribution in [3.05, 3.63) is 109 Å². The Kier molecular flexibility index (Phi) is 6.98. The molecule has 0 aromatic heterocycles. The van der Waals surface area contributed by atoms with E-state index < -0.39 is 0 Å². The number of anilines is 3. The van der Waals surface area contributed by atoms with E-state index in [0.717, 1.165) is 11.1 Å². The maximum absolute atomic E-state index is 12.4. The van der Waals surface area contributed by atoms with Crippen molar-refractivity contribution < 1.29 is 14.3 Å². The van der Waals surface area contributed by atoms with E-state index in [9.17, 15) is 9.59 Å². The fourth-order valence-electron chi connectivity index (χ4n) is 3.24. The van der Waals surface area contributed by atoms with Crippen LogP contribution in [-0.2, 0) is 4.79 Å². The van der Waals surface area contributed by atoms with Crippen LogP contribution >= 0.6 is 0 Å². The number of urea groups is 1. The van der Waals surface area contributed by atoms with Gasteiger partial charge in [-0.25, -0.2) is 4.79 Å². The molecule has 0 fully saturated rings. The van der Waals surface area contributed by atoms with Gasteiger partial charge in [-0.05, 0) is 48.0 Å². The average molecular weight is 437 g/mol. The van der Waals surface area contributed by atoms with Crippen LogP contribution in [0.3, 0.4) is 0 Å². The fourth-order valence-corrected chi connectivity index (χ4v) is 3.24. The number of hydrogen-bond donors (Lipinski definition) is 3. The smallest absolute Gasteiger partial charge is 0.323 e. The Morgan fingerprint density at radius 1 is 0.576 bits per heavy atom. The van der Waals surface area contributed by atoms with Gasteiger partial charge >= 0.3 is 6.03 Å². The Hall–Kier alpha value is -4.58. The lowest BCUT2D eigenvalue weighted by molar-refractivity contribution is -0.118. The van der Waals surface area contributed by atoms with Crippen LogP contribution in [0.2, 0.25) is 0 Å². The molecule has 4 aromatic rings. The van der Waals surface area contributed by atoms with Crippen molar-refractivity contribution in [1.29, 1.82) is 0 Å². The summed E-state index contributed by atoms with van der Waals surface area (Å²) < 4.78 is 5.78. The van der Waals surface area contributed by atoms with Crippen LogP contribution in [0.5, 0.6) is 5.75 Å². The van der Waals surface area contributed by atoms with Crippen molar-refractivity contribution >= 4 is 29.0 Å². The van der Waals surface area contributed by atoms with E-state index in [2.05, 4.69) is 16.0 Å². The van der Waals surface area contributed by atoms with E-state index in [4.69, 9.17) is 4.74 Å². The van der Waals surface area contributed by atoms with Crippen LogP contribution in [0.4, 0.5) is 21.9 Å². The van der Waals surface area contributed by atoms with Gasteiger partial charge < -0.3 is 20.7 Å². The van der Waals surface area contributed by atoms with E-state index in [0.29, 0.717) is 22.8 Å². The SMILES string of the molecule is O=C(COc1ccccc1-c1ccccc1)Nc1ccc(NC(=O)Nc2ccccc2)cc1. The van der Waals surface area contributed by atoms with Gasteiger partial charge in [0.25, 0.3) is 5.91 Å². The number of amides is 3. The van der Waals surface area contributed by atoms with E-state index in [1.807, 2.05) is 72.8 Å². The third kappa shape index (κ3) is 6.21. The topological polar surface area (TPSA) is 79.5 Å². The summed E-state index contributed by atoms with van der Waals surface area (Å²) in [6.07, 6.45) is 0. The molecule has 3 amide bonds. The van der Waals surface area contributed by atoms with Crippen LogP contribution in [0.25, 0.3) is 11.1 Å². The van der Waals surface area contributed by atoms with E-state index in [-0.39, 0.29) is 18.5 Å². The highest BCUT2D eigenvalue weighted by Crippen LogP contribution is 2.29. The molecule has 0 saturated carbocycles. The second-order valence-corrected chi connectivity index (χ2v) is 7.22. The van der Waals surface area contributed by atoms with Gasteiger partial charge in [-0.15, -0.1) is 0 Å². The average Bonchev–Trinajstić information content (AvgIpc) is 2.85. The van der Waals surface area contributed by atoms with Crippen molar-refractivity contribution in [2.75, 3.05) is 22.6 Å². The second-order valence-electron chi connectivity index (χ2n) is 7.22. The number of nitrogens with one attached hydrogen (secondary N) is 3. The van der Waals surface area contributed by atoms with E-state index in [1.54, 1.807) is 36.4 Å². The van der Waals surface area contributed by atoms with Crippen molar-refractivity contribution in [1.82, 2.24) is 0 Å². The zero-order valence-electron chi connectivity index (χ0n) is 17.8. The van der Waals surface area contributed by atoms with Crippen LogP contribution in [0, 0.1) is 0 Å². The predicted octanol–water partition coefficient (Wildman–Crippen LogP) is 6.02. The summed E-state index contributed by atoms with van der Waals surface area (Å²) in [5.41, 5.74) is 3.86. The lowest BCUT2D eigenvalue weighted by Gasteiger charge is -2.12. The minimum absolute atomic E-state index is 0.122. The number of carbonyl (C=O) groups is 2. The number of para-hydroxylation sites is 2. The molecule has 0 atom stereocenters. The molecule has 4 aromatic carbocycles. The molecule has 6 heteroatoms. The van der Waals surface area contributed by atoms with Gasteiger partial charge in [0.1, 0.15) is 5.75 Å². The molecular weight excluding hydrogens is 414 g/mol. The molecule has 6 nitrogen and oxygen atoms in total. The van der Waals surface area contributed by atoms with Crippen LogP contribution in [0.1, 0.15) is 0 Å². The first kappa shape index (κ1) is 21.6. The lowest BCUT2D eigenvalue weighted by Crippen LogP contribution is -2.21. The summed E-state index contributed by atoms with van der Waals surface area (Å²) in [6, 6.07) is 33.2. The molecule has 3 N–H and O–H groups in total. The van der Waals surface area contributed by atoms with Gasteiger partial charge in [-0.1, -0.05) is 66.7 Å². The lowest BCUT2D eigenvalue weighted by atomic mass is 10.1. The van der Waals surface area contributed by atoms with Crippen molar-refractivity contribution in [2.24, 2.45) is 0 Å². The summed E-state index contributed by atoms with van der Waals surface area (Å²) >= 11 is 0. The molecule has 33 heavy (non-hydrogen) atoms. The maximum atomic E-state index is 12.4. The second kappa shape index (κ2) is 10.6. The molecule has 0 radical (unpaired) electrons. The Bertz CT molecular complexity index is 1210. The molecule has 4 rings (SSSR count). The van der Waals surface area contributed by atoms with Gasteiger partial charge in [0.15, 0.2) is 6.61 Å². The minimum Gasteiger partial charge on any atom is -0.483 e. The third-order valence-corrected chi connectivity index (χ3v) is 4.79. The highest BCUT2D eigenvalue weighted by molar-refractivity contribution is 6.00. The van der Waals surface area contributed by atoms with Gasteiger partial charge in [0.2, 0.25) is 0 Å². The predicted molar refractivity (Wildman–Crippen MR) is 132 cm³/mol. The number of carbonyl (C=O) groups excluding carboxylic acids is 2. The Morgan fingerprint density at radius 2 is 1.09 bits per heavy atom. The molecule has 0 aliphatic rings. The van der Waals surface area contributed by atoms with Crippen molar-refractivity contribution in [2.45, 2.75) is 0 Å². The van der Waals surface area contributed by atoms with Crippen LogP contribution < -0.4 is 20.7 Å². The summed E-state index contributed by atoms with van der Waals surface area (Å²) in [4.78, 5) is 24.5. The zero-order chi connectivity index (χ0) is 22.9. The molecule has 0 bridgehead atoms. The normalized spacial score (nSPS) is 10.2. The first-order valence-electron chi connectivity index (χ1n) is 10.5. The van der Waals surface area contributed by atoms with Gasteiger partial charge in [0, 0.05) is 22.6 Å². The maximum Gasteiger partial charge on any atom is 0.323 e. The van der Waals surface area contributed by atoms with Gasteiger partial charge in [-0.2, -0.15) is 0 Å². The Labute approximate surface area is 192 Å². The highest BCUT2D eigenvalue weighted by atomic mass is 16.5. The standard InChI is InChI=1S/C27H23N3O3/c31-26(19-33-25-14-8-7-13-24(25)20-9-3-1-4-10-20)28-22-15-17-23(18-16-22)30-27(32)29-21-11-5-2-6-12-21/h1-18H,19H2,(H,28,31)(H2,29,30,32). The molecule has 164 valence electrons. The van der Waals surface area contributed by atoms with Gasteiger partial charge in [-0.3, -0.25) is 4.79 Å². The molecule has 0 unspecified atom stereocenters. The molecule has 0 spiro atoms. The van der Waals surface area contributed by atoms with E-state index in [1.165, 1.54) is 0 Å². The number of rotatable bonds is 7. The molecule has 0 heterocycles. The van der Waals surface area contributed by atoms with Crippen molar-refractivity contribution in [3.63, 3.8) is 0 Å². The molecular formula is C27H23N3O3. The summed E-state index contributed by atoms with van der Waals surface area (Å²) in [6.45, 7) is -0.122. The van der Waals surface area contributed by atoms with E-state index >= 15 is 0 Å². The van der Waals surface area contributed by atoms with Crippen LogP contribution in [-0.4, -0.2) is 18.5 Å². The molecule has 0 saturated heterocycles. The largest absolute Gasteiger partial charge is 0.483 e. The van der Waals surface area contributed by atoms with Crippen LogP contribution in [0.15, 0.2) is 109 Å². The number of hydrogen-bond acceptors (Lipinski definition) is 3. The number of ether oxygens (including phenoxy) is 1. The zero-order valence-corrected chi connectivity index (χ0v) is 17.8. The summed E-state index contributed by atoms with van der Waals surface area (Å²) in [7, 11) is 0. The molecule has 0 aliphatic heterocycles. The first-order chi connectivity index (χ1) is 16.2. The van der Waals surface area contributed by atoms with Gasteiger partial charge in [0.05, 0.1) is 0 Å². The summed E-state index contributed by atoms with van der Waals surface area (Å²) in [5, 5.41) is 8.30. The Morgan fingerprint density at radius 3 is 1.76 bits per heavy atom. The fraction of sp³-hybridized carbons (Fsp3) is 0.0370. The number of benzene rings is 4.